The summed E-state index contributed by atoms with van der Waals surface area (Å²) >= 11 is 1.52. The first-order valence-electron chi connectivity index (χ1n) is 7.26. The molecule has 0 aromatic heterocycles. The molecule has 0 spiro atoms. The van der Waals surface area contributed by atoms with Crippen LogP contribution >= 0.6 is 11.8 Å². The number of carbonyl (C=O) groups is 2. The molecule has 5 heteroatoms. The van der Waals surface area contributed by atoms with Crippen LogP contribution in [-0.4, -0.2) is 28.6 Å². The summed E-state index contributed by atoms with van der Waals surface area (Å²) in [6, 6.07) is 13.9. The molecule has 2 aromatic rings. The number of phenols is 1. The SMILES string of the molecule is CC(=O)[C@H](CSc1ccccc1)NC(=O)c1cccc(O)c1C. The molecular formula is C18H19NO3S. The summed E-state index contributed by atoms with van der Waals surface area (Å²) in [6.07, 6.45) is 0. The van der Waals surface area contributed by atoms with Crippen molar-refractivity contribution < 1.29 is 14.7 Å². The predicted molar refractivity (Wildman–Crippen MR) is 91.9 cm³/mol. The van der Waals surface area contributed by atoms with Crippen LogP contribution in [0.3, 0.4) is 0 Å². The molecule has 2 N–H and O–H groups in total. The Morgan fingerprint density at radius 1 is 1.13 bits per heavy atom. The Morgan fingerprint density at radius 2 is 1.83 bits per heavy atom. The summed E-state index contributed by atoms with van der Waals surface area (Å²) in [6.45, 7) is 3.14. The number of hydrogen-bond donors (Lipinski definition) is 2. The highest BCUT2D eigenvalue weighted by Crippen LogP contribution is 2.21. The largest absolute Gasteiger partial charge is 0.508 e. The smallest absolute Gasteiger partial charge is 0.252 e. The fraction of sp³-hybridized carbons (Fsp3) is 0.222. The number of hydrogen-bond acceptors (Lipinski definition) is 4. The van der Waals surface area contributed by atoms with Gasteiger partial charge in [0.25, 0.3) is 5.91 Å². The number of benzene rings is 2. The van der Waals surface area contributed by atoms with Crippen molar-refractivity contribution in [2.24, 2.45) is 0 Å². The molecule has 0 saturated carbocycles. The number of ketones is 1. The van der Waals surface area contributed by atoms with Crippen LogP contribution in [0.2, 0.25) is 0 Å². The van der Waals surface area contributed by atoms with Gasteiger partial charge in [-0.2, -0.15) is 0 Å². The number of amides is 1. The van der Waals surface area contributed by atoms with Crippen molar-refractivity contribution in [3.8, 4) is 5.75 Å². The van der Waals surface area contributed by atoms with Crippen molar-refractivity contribution in [1.82, 2.24) is 5.32 Å². The Balaban J connectivity index is 2.05. The van der Waals surface area contributed by atoms with Crippen molar-refractivity contribution >= 4 is 23.5 Å². The van der Waals surface area contributed by atoms with E-state index in [-0.39, 0.29) is 17.4 Å². The van der Waals surface area contributed by atoms with E-state index in [1.807, 2.05) is 30.3 Å². The molecule has 0 radical (unpaired) electrons. The van der Waals surface area contributed by atoms with Crippen molar-refractivity contribution in [3.05, 3.63) is 59.7 Å². The molecule has 4 nitrogen and oxygen atoms in total. The maximum absolute atomic E-state index is 12.4. The average molecular weight is 329 g/mol. The van der Waals surface area contributed by atoms with E-state index in [1.54, 1.807) is 19.1 Å². The van der Waals surface area contributed by atoms with Crippen LogP contribution in [0.4, 0.5) is 0 Å². The van der Waals surface area contributed by atoms with Gasteiger partial charge in [-0.3, -0.25) is 9.59 Å². The molecule has 0 aliphatic heterocycles. The molecule has 0 heterocycles. The van der Waals surface area contributed by atoms with Crippen LogP contribution in [0.15, 0.2) is 53.4 Å². The van der Waals surface area contributed by atoms with E-state index in [0.29, 0.717) is 16.9 Å². The summed E-state index contributed by atoms with van der Waals surface area (Å²) in [7, 11) is 0. The van der Waals surface area contributed by atoms with E-state index in [0.717, 1.165) is 4.90 Å². The fourth-order valence-electron chi connectivity index (χ4n) is 2.06. The number of carbonyl (C=O) groups excluding carboxylic acids is 2. The van der Waals surface area contributed by atoms with Crippen LogP contribution in [0.1, 0.15) is 22.8 Å². The summed E-state index contributed by atoms with van der Waals surface area (Å²) in [5.74, 6) is 0.0747. The van der Waals surface area contributed by atoms with Crippen LogP contribution in [0.5, 0.6) is 5.75 Å². The predicted octanol–water partition coefficient (Wildman–Crippen LogP) is 3.18. The molecule has 23 heavy (non-hydrogen) atoms. The van der Waals surface area contributed by atoms with Crippen LogP contribution in [0, 0.1) is 6.92 Å². The molecule has 1 atom stereocenters. The highest BCUT2D eigenvalue weighted by atomic mass is 32.2. The number of thioether (sulfide) groups is 1. The molecule has 2 aromatic carbocycles. The minimum Gasteiger partial charge on any atom is -0.508 e. The molecule has 0 fully saturated rings. The lowest BCUT2D eigenvalue weighted by molar-refractivity contribution is -0.118. The molecule has 0 aliphatic carbocycles. The van der Waals surface area contributed by atoms with Gasteiger partial charge in [0.2, 0.25) is 0 Å². The van der Waals surface area contributed by atoms with Gasteiger partial charge in [0.1, 0.15) is 5.75 Å². The van der Waals surface area contributed by atoms with E-state index in [4.69, 9.17) is 0 Å². The first-order chi connectivity index (χ1) is 11.0. The maximum atomic E-state index is 12.4. The minimum absolute atomic E-state index is 0.0654. The standard InChI is InChI=1S/C18H19NO3S/c1-12-15(9-6-10-17(12)21)18(22)19-16(13(2)20)11-23-14-7-4-3-5-8-14/h3-10,16,21H,11H2,1-2H3,(H,19,22)/t16-/m0/s1. The number of Topliss-reactive ketones (excluding diaryl/α,β-unsaturated/α-hetero) is 1. The highest BCUT2D eigenvalue weighted by Gasteiger charge is 2.20. The van der Waals surface area contributed by atoms with Gasteiger partial charge in [-0.25, -0.2) is 0 Å². The molecule has 0 saturated heterocycles. The second-order valence-corrected chi connectivity index (χ2v) is 6.30. The van der Waals surface area contributed by atoms with Crippen LogP contribution in [0.25, 0.3) is 0 Å². The minimum atomic E-state index is -0.575. The third-order valence-corrected chi connectivity index (χ3v) is 4.61. The first kappa shape index (κ1) is 17.1. The Kier molecular flexibility index (Phi) is 5.82. The lowest BCUT2D eigenvalue weighted by Gasteiger charge is -2.16. The average Bonchev–Trinajstić information content (AvgIpc) is 2.54. The van der Waals surface area contributed by atoms with Gasteiger partial charge in [-0.15, -0.1) is 11.8 Å². The van der Waals surface area contributed by atoms with Gasteiger partial charge in [0.15, 0.2) is 5.78 Å². The van der Waals surface area contributed by atoms with Gasteiger partial charge in [-0.05, 0) is 38.1 Å². The van der Waals surface area contributed by atoms with E-state index in [9.17, 15) is 14.7 Å². The number of nitrogens with one attached hydrogen (secondary N) is 1. The Hall–Kier alpha value is -2.27. The van der Waals surface area contributed by atoms with Crippen molar-refractivity contribution in [2.75, 3.05) is 5.75 Å². The highest BCUT2D eigenvalue weighted by molar-refractivity contribution is 7.99. The fourth-order valence-corrected chi connectivity index (χ4v) is 3.09. The van der Waals surface area contributed by atoms with E-state index >= 15 is 0 Å². The number of phenolic OH excluding ortho intramolecular Hbond substituents is 1. The lowest BCUT2D eigenvalue weighted by Crippen LogP contribution is -2.41. The summed E-state index contributed by atoms with van der Waals surface area (Å²) in [4.78, 5) is 25.2. The van der Waals surface area contributed by atoms with Crippen molar-refractivity contribution in [2.45, 2.75) is 24.8 Å². The third-order valence-electron chi connectivity index (χ3n) is 3.51. The second-order valence-electron chi connectivity index (χ2n) is 5.21. The molecule has 0 bridgehead atoms. The first-order valence-corrected chi connectivity index (χ1v) is 8.25. The van der Waals surface area contributed by atoms with Gasteiger partial charge >= 0.3 is 0 Å². The lowest BCUT2D eigenvalue weighted by atomic mass is 10.1. The second kappa shape index (κ2) is 7.83. The third kappa shape index (κ3) is 4.60. The maximum Gasteiger partial charge on any atom is 0.252 e. The Bertz CT molecular complexity index is 701. The van der Waals surface area contributed by atoms with Crippen LogP contribution in [-0.2, 0) is 4.79 Å². The van der Waals surface area contributed by atoms with Gasteiger partial charge in [0, 0.05) is 21.8 Å². The number of rotatable bonds is 6. The molecule has 120 valence electrons. The van der Waals surface area contributed by atoms with Crippen LogP contribution < -0.4 is 5.32 Å². The molecule has 0 unspecified atom stereocenters. The zero-order valence-corrected chi connectivity index (χ0v) is 13.9. The van der Waals surface area contributed by atoms with Gasteiger partial charge in [0.05, 0.1) is 6.04 Å². The molecule has 2 rings (SSSR count). The molecule has 0 aliphatic rings. The molecule has 1 amide bonds. The Labute approximate surface area is 139 Å². The summed E-state index contributed by atoms with van der Waals surface area (Å²) in [5.41, 5.74) is 0.879. The Morgan fingerprint density at radius 3 is 2.48 bits per heavy atom. The normalized spacial score (nSPS) is 11.7. The van der Waals surface area contributed by atoms with Crippen molar-refractivity contribution in [1.29, 1.82) is 0 Å². The van der Waals surface area contributed by atoms with E-state index in [1.165, 1.54) is 24.8 Å². The van der Waals surface area contributed by atoms with Crippen molar-refractivity contribution in [3.63, 3.8) is 0 Å². The summed E-state index contributed by atoms with van der Waals surface area (Å²) in [5, 5.41) is 12.4. The zero-order valence-electron chi connectivity index (χ0n) is 13.1. The topological polar surface area (TPSA) is 66.4 Å². The molecular weight excluding hydrogens is 310 g/mol. The van der Waals surface area contributed by atoms with E-state index in [2.05, 4.69) is 5.32 Å². The van der Waals surface area contributed by atoms with E-state index < -0.39 is 6.04 Å². The van der Waals surface area contributed by atoms with Gasteiger partial charge < -0.3 is 10.4 Å². The quantitative estimate of drug-likeness (QED) is 0.799. The monoisotopic (exact) mass is 329 g/mol. The van der Waals surface area contributed by atoms with Gasteiger partial charge in [-0.1, -0.05) is 24.3 Å². The number of aromatic hydroxyl groups is 1. The summed E-state index contributed by atoms with van der Waals surface area (Å²) < 4.78 is 0. The zero-order chi connectivity index (χ0) is 16.8.